The predicted molar refractivity (Wildman–Crippen MR) is 197 cm³/mol. The number of rotatable bonds is 4. The number of aromatic nitrogens is 2. The number of benzene rings is 7. The molecule has 0 bridgehead atoms. The third-order valence-corrected chi connectivity index (χ3v) is 9.37. The van der Waals surface area contributed by atoms with Crippen LogP contribution in [0.3, 0.4) is 0 Å². The molecule has 0 aliphatic carbocycles. The van der Waals surface area contributed by atoms with E-state index in [2.05, 4.69) is 129 Å². The Morgan fingerprint density at radius 2 is 1.08 bits per heavy atom. The zero-order valence-electron chi connectivity index (χ0n) is 25.8. The van der Waals surface area contributed by atoms with E-state index < -0.39 is 0 Å². The summed E-state index contributed by atoms with van der Waals surface area (Å²) in [5, 5.41) is 14.6. The first-order valence-corrected chi connectivity index (χ1v) is 15.9. The van der Waals surface area contributed by atoms with E-state index in [1.54, 1.807) is 0 Å². The fraction of sp³-hybridized carbons (Fsp3) is 0. The van der Waals surface area contributed by atoms with Crippen LogP contribution in [0.15, 0.2) is 158 Å². The van der Waals surface area contributed by atoms with Crippen molar-refractivity contribution in [3.05, 3.63) is 175 Å². The smallest absolute Gasteiger partial charge is 0.189 e. The lowest BCUT2D eigenvalue weighted by molar-refractivity contribution is 1.18. The molecule has 9 rings (SSSR count). The van der Waals surface area contributed by atoms with E-state index >= 15 is 0 Å². The largest absolute Gasteiger partial charge is 0.310 e. The molecule has 0 saturated carbocycles. The van der Waals surface area contributed by atoms with E-state index in [-0.39, 0.29) is 0 Å². The first-order chi connectivity index (χ1) is 23.7. The van der Waals surface area contributed by atoms with Crippen LogP contribution in [0.4, 0.5) is 5.69 Å². The molecule has 0 aliphatic rings. The Balaban J connectivity index is 1.19. The predicted octanol–water partition coefficient (Wildman–Crippen LogP) is 11.6. The lowest BCUT2D eigenvalue weighted by Crippen LogP contribution is -1.98. The highest BCUT2D eigenvalue weighted by atomic mass is 15.0. The van der Waals surface area contributed by atoms with Crippen molar-refractivity contribution in [3.8, 4) is 39.7 Å². The SMILES string of the molecule is [C-]#[N+]c1ccc2c3ccccc3n(-c3ccc(C#N)cc3-c3cccc(-c4ccc(-n5c6ccccc6c6ccccc65)cc4)c3)c2c1. The van der Waals surface area contributed by atoms with E-state index in [1.807, 2.05) is 48.5 Å². The van der Waals surface area contributed by atoms with Gasteiger partial charge in [0, 0.05) is 38.3 Å². The van der Waals surface area contributed by atoms with Crippen LogP contribution in [0, 0.1) is 17.9 Å². The molecular formula is C44H26N4. The Morgan fingerprint density at radius 1 is 0.479 bits per heavy atom. The van der Waals surface area contributed by atoms with Crippen LogP contribution in [0.25, 0.3) is 82.1 Å². The Labute approximate surface area is 277 Å². The molecule has 4 heteroatoms. The van der Waals surface area contributed by atoms with E-state index in [0.717, 1.165) is 55.4 Å². The van der Waals surface area contributed by atoms with Gasteiger partial charge >= 0.3 is 0 Å². The second kappa shape index (κ2) is 10.9. The lowest BCUT2D eigenvalue weighted by Gasteiger charge is -2.16. The van der Waals surface area contributed by atoms with Gasteiger partial charge in [-0.2, -0.15) is 5.26 Å². The monoisotopic (exact) mass is 610 g/mol. The van der Waals surface area contributed by atoms with Gasteiger partial charge in [0.2, 0.25) is 0 Å². The molecule has 0 amide bonds. The van der Waals surface area contributed by atoms with Crippen LogP contribution in [0.1, 0.15) is 5.56 Å². The highest BCUT2D eigenvalue weighted by Gasteiger charge is 2.17. The van der Waals surface area contributed by atoms with Gasteiger partial charge in [-0.3, -0.25) is 0 Å². The normalized spacial score (nSPS) is 11.3. The first kappa shape index (κ1) is 27.4. The number of hydrogen-bond acceptors (Lipinski definition) is 1. The molecule has 4 nitrogen and oxygen atoms in total. The third kappa shape index (κ3) is 4.22. The van der Waals surface area contributed by atoms with Crippen LogP contribution in [0.5, 0.6) is 0 Å². The van der Waals surface area contributed by atoms with Gasteiger partial charge in [-0.1, -0.05) is 97.1 Å². The van der Waals surface area contributed by atoms with Crippen molar-refractivity contribution in [2.45, 2.75) is 0 Å². The molecule has 0 atom stereocenters. The second-order valence-corrected chi connectivity index (χ2v) is 12.0. The molecule has 2 aromatic heterocycles. The molecule has 0 unspecified atom stereocenters. The molecule has 0 spiro atoms. The molecule has 9 aromatic rings. The number of hydrogen-bond donors (Lipinski definition) is 0. The first-order valence-electron chi connectivity index (χ1n) is 15.9. The van der Waals surface area contributed by atoms with Gasteiger partial charge < -0.3 is 9.13 Å². The Hall–Kier alpha value is -6.88. The summed E-state index contributed by atoms with van der Waals surface area (Å²) in [7, 11) is 0. The Kier molecular flexibility index (Phi) is 6.22. The van der Waals surface area contributed by atoms with Gasteiger partial charge in [-0.05, 0) is 77.4 Å². The number of para-hydroxylation sites is 3. The van der Waals surface area contributed by atoms with Crippen molar-refractivity contribution in [1.29, 1.82) is 5.26 Å². The summed E-state index contributed by atoms with van der Waals surface area (Å²) >= 11 is 0. The minimum atomic E-state index is 0.591. The summed E-state index contributed by atoms with van der Waals surface area (Å²) in [5.74, 6) is 0. The maximum atomic E-state index is 9.92. The van der Waals surface area contributed by atoms with Gasteiger partial charge in [-0.25, -0.2) is 4.85 Å². The van der Waals surface area contributed by atoms with Crippen molar-refractivity contribution in [3.63, 3.8) is 0 Å². The van der Waals surface area contributed by atoms with Gasteiger partial charge in [0.15, 0.2) is 5.69 Å². The van der Waals surface area contributed by atoms with E-state index in [1.165, 1.54) is 21.8 Å². The van der Waals surface area contributed by atoms with Gasteiger partial charge in [0.25, 0.3) is 0 Å². The lowest BCUT2D eigenvalue weighted by atomic mass is 9.96. The summed E-state index contributed by atoms with van der Waals surface area (Å²) in [6, 6.07) is 56.8. The van der Waals surface area contributed by atoms with E-state index in [9.17, 15) is 5.26 Å². The maximum Gasteiger partial charge on any atom is 0.189 e. The van der Waals surface area contributed by atoms with Gasteiger partial charge in [-0.15, -0.1) is 0 Å². The van der Waals surface area contributed by atoms with E-state index in [0.29, 0.717) is 11.3 Å². The van der Waals surface area contributed by atoms with Crippen molar-refractivity contribution < 1.29 is 0 Å². The van der Waals surface area contributed by atoms with Gasteiger partial charge in [0.1, 0.15) is 0 Å². The molecule has 222 valence electrons. The molecule has 0 radical (unpaired) electrons. The molecule has 2 heterocycles. The molecule has 0 aliphatic heterocycles. The Morgan fingerprint density at radius 3 is 1.73 bits per heavy atom. The summed E-state index contributed by atoms with van der Waals surface area (Å²) < 4.78 is 4.55. The molecule has 0 fully saturated rings. The fourth-order valence-corrected chi connectivity index (χ4v) is 7.19. The van der Waals surface area contributed by atoms with E-state index in [4.69, 9.17) is 6.57 Å². The average molecular weight is 611 g/mol. The topological polar surface area (TPSA) is 38.0 Å². The number of nitriles is 1. The summed E-state index contributed by atoms with van der Waals surface area (Å²) in [5.41, 5.74) is 11.8. The standard InChI is InChI=1S/C44H26N4/c1-46-33-20-23-38-37-13-4-7-16-42(37)48(44(38)27-33)43-24-17-29(28-45)25-39(43)32-10-8-9-31(26-32)30-18-21-34(22-19-30)47-40-14-5-2-11-35(40)36-12-3-6-15-41(36)47/h2-27H. The summed E-state index contributed by atoms with van der Waals surface area (Å²) in [6.45, 7) is 7.67. The van der Waals surface area contributed by atoms with Gasteiger partial charge in [0.05, 0.1) is 40.4 Å². The average Bonchev–Trinajstić information content (AvgIpc) is 3.67. The molecule has 48 heavy (non-hydrogen) atoms. The zero-order valence-corrected chi connectivity index (χ0v) is 25.8. The molecular weight excluding hydrogens is 585 g/mol. The second-order valence-electron chi connectivity index (χ2n) is 12.0. The summed E-state index contributed by atoms with van der Waals surface area (Å²) in [6.07, 6.45) is 0. The Bertz CT molecular complexity index is 2750. The van der Waals surface area contributed by atoms with Crippen molar-refractivity contribution in [1.82, 2.24) is 9.13 Å². The van der Waals surface area contributed by atoms with Crippen LogP contribution in [-0.2, 0) is 0 Å². The molecule has 7 aromatic carbocycles. The molecule has 0 saturated heterocycles. The number of fused-ring (bicyclic) bond motifs is 6. The highest BCUT2D eigenvalue weighted by Crippen LogP contribution is 2.39. The maximum absolute atomic E-state index is 9.92. The van der Waals surface area contributed by atoms with Crippen LogP contribution in [0.2, 0.25) is 0 Å². The fourth-order valence-electron chi connectivity index (χ4n) is 7.19. The number of nitrogens with zero attached hydrogens (tertiary/aromatic N) is 4. The quantitative estimate of drug-likeness (QED) is 0.183. The van der Waals surface area contributed by atoms with Crippen LogP contribution >= 0.6 is 0 Å². The van der Waals surface area contributed by atoms with Crippen molar-refractivity contribution >= 4 is 49.3 Å². The minimum Gasteiger partial charge on any atom is -0.310 e. The summed E-state index contributed by atoms with van der Waals surface area (Å²) in [4.78, 5) is 3.72. The van der Waals surface area contributed by atoms with Crippen LogP contribution in [-0.4, -0.2) is 9.13 Å². The van der Waals surface area contributed by atoms with Crippen LogP contribution < -0.4 is 0 Å². The zero-order chi connectivity index (χ0) is 32.2. The molecule has 0 N–H and O–H groups in total. The highest BCUT2D eigenvalue weighted by molar-refractivity contribution is 6.11. The minimum absolute atomic E-state index is 0.591. The third-order valence-electron chi connectivity index (χ3n) is 9.37. The van der Waals surface area contributed by atoms with Crippen molar-refractivity contribution in [2.24, 2.45) is 0 Å². The van der Waals surface area contributed by atoms with Crippen molar-refractivity contribution in [2.75, 3.05) is 0 Å².